The molecule has 0 fully saturated rings. The number of H-pyrrole nitrogens is 1. The monoisotopic (exact) mass is 226 g/mol. The predicted octanol–water partition coefficient (Wildman–Crippen LogP) is 2.44. The molecule has 0 saturated carbocycles. The van der Waals surface area contributed by atoms with Gasteiger partial charge in [0.25, 0.3) is 0 Å². The first-order chi connectivity index (χ1) is 6.73. The fourth-order valence-corrected chi connectivity index (χ4v) is 1.63. The zero-order valence-corrected chi connectivity index (χ0v) is 10.0. The van der Waals surface area contributed by atoms with Crippen molar-refractivity contribution in [1.29, 1.82) is 0 Å². The fourth-order valence-electron chi connectivity index (χ4n) is 1.39. The number of aromatic amines is 1. The van der Waals surface area contributed by atoms with Gasteiger partial charge in [0.2, 0.25) is 0 Å². The minimum absolute atomic E-state index is 0.219. The molecule has 0 unspecified atom stereocenters. The second-order valence-corrected chi connectivity index (χ2v) is 4.83. The number of carbonyl (C=O) groups is 1. The Morgan fingerprint density at radius 3 is 2.40 bits per heavy atom. The van der Waals surface area contributed by atoms with Gasteiger partial charge < -0.3 is 10.1 Å². The highest BCUT2D eigenvalue weighted by atomic mass is 32.1. The summed E-state index contributed by atoms with van der Waals surface area (Å²) in [5.41, 5.74) is 0.959. The van der Waals surface area contributed by atoms with Gasteiger partial charge in [0.05, 0.1) is 5.69 Å². The van der Waals surface area contributed by atoms with Crippen LogP contribution in [-0.4, -0.2) is 21.0 Å². The van der Waals surface area contributed by atoms with Gasteiger partial charge in [-0.15, -0.1) is 0 Å². The molecule has 1 heterocycles. The van der Waals surface area contributed by atoms with Crippen molar-refractivity contribution in [2.24, 2.45) is 0 Å². The predicted molar refractivity (Wildman–Crippen MR) is 59.8 cm³/mol. The summed E-state index contributed by atoms with van der Waals surface area (Å²) in [6, 6.07) is 0. The average molecular weight is 226 g/mol. The van der Waals surface area contributed by atoms with Crippen LogP contribution in [-0.2, 0) is 5.41 Å². The smallest absolute Gasteiger partial charge is 0.339 e. The molecule has 0 radical (unpaired) electrons. The van der Waals surface area contributed by atoms with Crippen molar-refractivity contribution < 1.29 is 9.90 Å². The minimum Gasteiger partial charge on any atom is -0.478 e. The number of rotatable bonds is 1. The van der Waals surface area contributed by atoms with E-state index in [1.54, 1.807) is 6.92 Å². The molecule has 0 aliphatic carbocycles. The standard InChI is InChI=1S/C10H14N2O2S/c1-5-6(8(13)14)7(10(2,3)4)12-9(15)11-5/h1-4H3,(H,13,14)(H,11,12,15). The summed E-state index contributed by atoms with van der Waals surface area (Å²) in [6.07, 6.45) is 0. The van der Waals surface area contributed by atoms with Gasteiger partial charge in [-0.05, 0) is 19.1 Å². The number of carboxylic acids is 1. The molecule has 4 nitrogen and oxygen atoms in total. The lowest BCUT2D eigenvalue weighted by Gasteiger charge is -2.20. The van der Waals surface area contributed by atoms with E-state index in [1.165, 1.54) is 0 Å². The first-order valence-electron chi connectivity index (χ1n) is 4.58. The molecule has 1 aromatic heterocycles. The molecule has 0 atom stereocenters. The summed E-state index contributed by atoms with van der Waals surface area (Å²) in [5.74, 6) is -0.976. The van der Waals surface area contributed by atoms with Crippen LogP contribution < -0.4 is 0 Å². The largest absolute Gasteiger partial charge is 0.478 e. The third kappa shape index (κ3) is 2.41. The quantitative estimate of drug-likeness (QED) is 0.722. The summed E-state index contributed by atoms with van der Waals surface area (Å²) in [6.45, 7) is 7.43. The molecule has 0 saturated heterocycles. The molecule has 82 valence electrons. The van der Waals surface area contributed by atoms with Crippen LogP contribution in [0, 0.1) is 11.7 Å². The van der Waals surface area contributed by atoms with Crippen LogP contribution in [0.4, 0.5) is 0 Å². The van der Waals surface area contributed by atoms with E-state index in [4.69, 9.17) is 17.3 Å². The van der Waals surface area contributed by atoms with Gasteiger partial charge in [-0.25, -0.2) is 9.78 Å². The topological polar surface area (TPSA) is 66.0 Å². The molecule has 15 heavy (non-hydrogen) atoms. The van der Waals surface area contributed by atoms with Crippen LogP contribution in [0.25, 0.3) is 0 Å². The molecule has 1 aromatic rings. The first kappa shape index (κ1) is 11.8. The van der Waals surface area contributed by atoms with Gasteiger partial charge in [-0.1, -0.05) is 20.8 Å². The summed E-state index contributed by atoms with van der Waals surface area (Å²) < 4.78 is 0.322. The maximum absolute atomic E-state index is 11.1. The average Bonchev–Trinajstić information content (AvgIpc) is 1.99. The molecule has 0 amide bonds. The zero-order chi connectivity index (χ0) is 11.8. The Balaban J connectivity index is 3.62. The number of aryl methyl sites for hydroxylation is 1. The number of hydrogen-bond donors (Lipinski definition) is 2. The molecule has 0 aromatic carbocycles. The Bertz CT molecular complexity index is 457. The highest BCUT2D eigenvalue weighted by Gasteiger charge is 2.25. The Morgan fingerprint density at radius 2 is 2.00 bits per heavy atom. The summed E-state index contributed by atoms with van der Waals surface area (Å²) in [7, 11) is 0. The maximum Gasteiger partial charge on any atom is 0.339 e. The van der Waals surface area contributed by atoms with Crippen LogP contribution in [0.15, 0.2) is 0 Å². The van der Waals surface area contributed by atoms with Gasteiger partial charge in [-0.2, -0.15) is 0 Å². The fraction of sp³-hybridized carbons (Fsp3) is 0.500. The molecule has 1 rings (SSSR count). The van der Waals surface area contributed by atoms with Crippen molar-refractivity contribution in [3.05, 3.63) is 21.7 Å². The number of aromatic carboxylic acids is 1. The highest BCUT2D eigenvalue weighted by Crippen LogP contribution is 2.24. The van der Waals surface area contributed by atoms with Crippen molar-refractivity contribution in [2.75, 3.05) is 0 Å². The van der Waals surface area contributed by atoms with Crippen molar-refractivity contribution in [2.45, 2.75) is 33.1 Å². The maximum atomic E-state index is 11.1. The van der Waals surface area contributed by atoms with Crippen LogP contribution in [0.1, 0.15) is 42.5 Å². The van der Waals surface area contributed by atoms with Crippen molar-refractivity contribution in [3.63, 3.8) is 0 Å². The summed E-state index contributed by atoms with van der Waals surface area (Å²) in [4.78, 5) is 18.0. The van der Waals surface area contributed by atoms with Crippen LogP contribution in [0.5, 0.6) is 0 Å². The SMILES string of the molecule is Cc1[nH]c(=S)nc(C(C)(C)C)c1C(=O)O. The molecular formula is C10H14N2O2S. The van der Waals surface area contributed by atoms with Gasteiger partial charge in [0, 0.05) is 11.1 Å². The van der Waals surface area contributed by atoms with E-state index in [9.17, 15) is 4.79 Å². The van der Waals surface area contributed by atoms with Crippen LogP contribution in [0.3, 0.4) is 0 Å². The summed E-state index contributed by atoms with van der Waals surface area (Å²) in [5, 5.41) is 9.11. The number of carboxylic acid groups (broad SMARTS) is 1. The van der Waals surface area contributed by atoms with Gasteiger partial charge >= 0.3 is 5.97 Å². The van der Waals surface area contributed by atoms with Gasteiger partial charge in [0.1, 0.15) is 5.56 Å². The molecule has 2 N–H and O–H groups in total. The second-order valence-electron chi connectivity index (χ2n) is 4.45. The first-order valence-corrected chi connectivity index (χ1v) is 4.99. The lowest BCUT2D eigenvalue weighted by Crippen LogP contribution is -2.21. The number of nitrogens with zero attached hydrogens (tertiary/aromatic N) is 1. The molecular weight excluding hydrogens is 212 g/mol. The lowest BCUT2D eigenvalue weighted by atomic mass is 9.88. The van der Waals surface area contributed by atoms with E-state index in [2.05, 4.69) is 9.97 Å². The third-order valence-corrected chi connectivity index (χ3v) is 2.24. The zero-order valence-electron chi connectivity index (χ0n) is 9.21. The lowest BCUT2D eigenvalue weighted by molar-refractivity contribution is 0.0692. The second kappa shape index (κ2) is 3.73. The molecule has 5 heteroatoms. The minimum atomic E-state index is -0.976. The highest BCUT2D eigenvalue weighted by molar-refractivity contribution is 7.71. The Hall–Kier alpha value is -1.23. The van der Waals surface area contributed by atoms with E-state index < -0.39 is 5.97 Å². The Kier molecular flexibility index (Phi) is 2.95. The molecule has 0 bridgehead atoms. The molecule has 0 aliphatic heterocycles. The molecule has 0 aliphatic rings. The number of aromatic nitrogens is 2. The molecule has 0 spiro atoms. The van der Waals surface area contributed by atoms with Crippen LogP contribution >= 0.6 is 12.2 Å². The van der Waals surface area contributed by atoms with E-state index in [-0.39, 0.29) is 11.0 Å². The number of hydrogen-bond acceptors (Lipinski definition) is 3. The van der Waals surface area contributed by atoms with Gasteiger partial charge in [0.15, 0.2) is 4.77 Å². The van der Waals surface area contributed by atoms with E-state index in [0.29, 0.717) is 16.2 Å². The van der Waals surface area contributed by atoms with Crippen molar-refractivity contribution >= 4 is 18.2 Å². The Morgan fingerprint density at radius 1 is 1.47 bits per heavy atom. The van der Waals surface area contributed by atoms with E-state index >= 15 is 0 Å². The van der Waals surface area contributed by atoms with Crippen molar-refractivity contribution in [3.8, 4) is 0 Å². The van der Waals surface area contributed by atoms with Crippen LogP contribution in [0.2, 0.25) is 0 Å². The Labute approximate surface area is 93.4 Å². The van der Waals surface area contributed by atoms with E-state index in [1.807, 2.05) is 20.8 Å². The van der Waals surface area contributed by atoms with E-state index in [0.717, 1.165) is 0 Å². The normalized spacial score (nSPS) is 11.5. The van der Waals surface area contributed by atoms with Gasteiger partial charge in [-0.3, -0.25) is 0 Å². The third-order valence-electron chi connectivity index (χ3n) is 2.04. The summed E-state index contributed by atoms with van der Waals surface area (Å²) >= 11 is 4.94. The van der Waals surface area contributed by atoms with Crippen molar-refractivity contribution in [1.82, 2.24) is 9.97 Å². The number of nitrogens with one attached hydrogen (secondary N) is 1.